The van der Waals surface area contributed by atoms with E-state index in [1.807, 2.05) is 6.92 Å². The summed E-state index contributed by atoms with van der Waals surface area (Å²) in [5, 5.41) is 0. The first-order valence-electron chi connectivity index (χ1n) is 2.87. The number of rotatable bonds is 1. The number of hydrogen-bond donors (Lipinski definition) is 1. The van der Waals surface area contributed by atoms with Crippen LogP contribution in [-0.2, 0) is 0 Å². The quantitative estimate of drug-likeness (QED) is 0.610. The molecule has 0 aliphatic heterocycles. The fraction of sp³-hybridized carbons (Fsp3) is 0.333. The van der Waals surface area contributed by atoms with Crippen LogP contribution in [0, 0.1) is 6.92 Å². The number of nitrogen functional groups attached to an aromatic ring is 1. The van der Waals surface area contributed by atoms with E-state index < -0.39 is 0 Å². The maximum atomic E-state index is 5.30. The number of nitrogens with zero attached hydrogens (tertiary/aromatic N) is 2. The molecule has 0 unspecified atom stereocenters. The van der Waals surface area contributed by atoms with Crippen molar-refractivity contribution in [1.29, 1.82) is 0 Å². The summed E-state index contributed by atoms with van der Waals surface area (Å²) in [6.45, 7) is 1.82. The number of anilines is 1. The highest BCUT2D eigenvalue weighted by atomic mass is 16.5. The summed E-state index contributed by atoms with van der Waals surface area (Å²) in [6, 6.07) is 0. The molecule has 1 aromatic heterocycles. The van der Waals surface area contributed by atoms with Gasteiger partial charge in [0, 0.05) is 0 Å². The van der Waals surface area contributed by atoms with E-state index in [1.54, 1.807) is 13.3 Å². The molecule has 54 valence electrons. The third-order valence-corrected chi connectivity index (χ3v) is 1.17. The van der Waals surface area contributed by atoms with E-state index in [2.05, 4.69) is 9.97 Å². The Kier molecular flexibility index (Phi) is 1.71. The highest BCUT2D eigenvalue weighted by Gasteiger charge is 1.98. The Hall–Kier alpha value is -1.32. The molecule has 0 spiro atoms. The van der Waals surface area contributed by atoms with E-state index >= 15 is 0 Å². The van der Waals surface area contributed by atoms with Crippen molar-refractivity contribution in [2.24, 2.45) is 0 Å². The van der Waals surface area contributed by atoms with Gasteiger partial charge >= 0.3 is 0 Å². The molecule has 4 heteroatoms. The van der Waals surface area contributed by atoms with Crippen LogP contribution in [0.1, 0.15) is 5.69 Å². The second-order valence-corrected chi connectivity index (χ2v) is 1.88. The number of nitrogens with two attached hydrogens (primary N) is 1. The zero-order valence-electron chi connectivity index (χ0n) is 5.96. The Bertz CT molecular complexity index is 236. The molecular formula is C6H9N3O. The van der Waals surface area contributed by atoms with Gasteiger partial charge in [0.2, 0.25) is 5.95 Å². The predicted octanol–water partition coefficient (Wildman–Crippen LogP) is 0.376. The van der Waals surface area contributed by atoms with Gasteiger partial charge in [-0.3, -0.25) is 0 Å². The van der Waals surface area contributed by atoms with Crippen molar-refractivity contribution >= 4 is 5.95 Å². The first-order chi connectivity index (χ1) is 4.74. The normalized spacial score (nSPS) is 9.40. The highest BCUT2D eigenvalue weighted by molar-refractivity contribution is 5.28. The second-order valence-electron chi connectivity index (χ2n) is 1.88. The van der Waals surface area contributed by atoms with E-state index in [4.69, 9.17) is 10.5 Å². The summed E-state index contributed by atoms with van der Waals surface area (Å²) in [5.41, 5.74) is 6.06. The molecule has 0 aliphatic carbocycles. The molecule has 0 radical (unpaired) electrons. The van der Waals surface area contributed by atoms with Crippen LogP contribution in [0.5, 0.6) is 5.75 Å². The molecule has 0 amide bonds. The third-order valence-electron chi connectivity index (χ3n) is 1.17. The molecule has 0 atom stereocenters. The summed E-state index contributed by atoms with van der Waals surface area (Å²) in [6.07, 6.45) is 1.55. The third kappa shape index (κ3) is 1.15. The van der Waals surface area contributed by atoms with Crippen molar-refractivity contribution < 1.29 is 4.74 Å². The maximum absolute atomic E-state index is 5.30. The van der Waals surface area contributed by atoms with Crippen molar-refractivity contribution in [2.45, 2.75) is 6.92 Å². The van der Waals surface area contributed by atoms with Crippen LogP contribution in [0.15, 0.2) is 6.20 Å². The standard InChI is InChI=1S/C6H9N3O/c1-4-5(10-2)3-8-6(7)9-4/h3H,1-2H3,(H2,7,8,9). The molecule has 1 rings (SSSR count). The summed E-state index contributed by atoms with van der Waals surface area (Å²) in [7, 11) is 1.57. The Morgan fingerprint density at radius 3 is 2.80 bits per heavy atom. The summed E-state index contributed by atoms with van der Waals surface area (Å²) >= 11 is 0. The average Bonchev–Trinajstić information content (AvgIpc) is 1.88. The summed E-state index contributed by atoms with van der Waals surface area (Å²) in [4.78, 5) is 7.64. The van der Waals surface area contributed by atoms with Gasteiger partial charge in [-0.25, -0.2) is 9.97 Å². The topological polar surface area (TPSA) is 61.0 Å². The summed E-state index contributed by atoms with van der Waals surface area (Å²) < 4.78 is 4.92. The largest absolute Gasteiger partial charge is 0.493 e. The number of methoxy groups -OCH3 is 1. The second kappa shape index (κ2) is 2.51. The number of hydrogen-bond acceptors (Lipinski definition) is 4. The minimum Gasteiger partial charge on any atom is -0.493 e. The van der Waals surface area contributed by atoms with Crippen molar-refractivity contribution in [3.63, 3.8) is 0 Å². The monoisotopic (exact) mass is 139 g/mol. The Labute approximate surface area is 59.1 Å². The molecule has 0 fully saturated rings. The number of ether oxygens (including phenoxy) is 1. The lowest BCUT2D eigenvalue weighted by molar-refractivity contribution is 0.407. The first-order valence-corrected chi connectivity index (χ1v) is 2.87. The van der Waals surface area contributed by atoms with Crippen LogP contribution >= 0.6 is 0 Å². The minimum absolute atomic E-state index is 0.276. The van der Waals surface area contributed by atoms with Gasteiger partial charge in [-0.15, -0.1) is 0 Å². The number of aryl methyl sites for hydroxylation is 1. The van der Waals surface area contributed by atoms with Gasteiger partial charge in [0.1, 0.15) is 0 Å². The van der Waals surface area contributed by atoms with Gasteiger partial charge in [-0.2, -0.15) is 0 Å². The molecule has 4 nitrogen and oxygen atoms in total. The molecule has 1 aromatic rings. The van der Waals surface area contributed by atoms with Crippen LogP contribution < -0.4 is 10.5 Å². The van der Waals surface area contributed by atoms with Gasteiger partial charge in [0.05, 0.1) is 19.0 Å². The molecule has 1 heterocycles. The van der Waals surface area contributed by atoms with E-state index in [0.717, 1.165) is 5.69 Å². The lowest BCUT2D eigenvalue weighted by Crippen LogP contribution is -1.98. The fourth-order valence-corrected chi connectivity index (χ4v) is 0.674. The molecule has 2 N–H and O–H groups in total. The molecule has 0 aromatic carbocycles. The fourth-order valence-electron chi connectivity index (χ4n) is 0.674. The first kappa shape index (κ1) is 6.80. The average molecular weight is 139 g/mol. The van der Waals surface area contributed by atoms with Gasteiger partial charge in [-0.1, -0.05) is 0 Å². The van der Waals surface area contributed by atoms with Crippen LogP contribution in [-0.4, -0.2) is 17.1 Å². The van der Waals surface area contributed by atoms with Crippen molar-refractivity contribution in [3.05, 3.63) is 11.9 Å². The van der Waals surface area contributed by atoms with E-state index in [1.165, 1.54) is 0 Å². The molecule has 0 saturated heterocycles. The number of aromatic nitrogens is 2. The van der Waals surface area contributed by atoms with Gasteiger partial charge in [0.15, 0.2) is 5.75 Å². The van der Waals surface area contributed by atoms with Gasteiger partial charge in [0.25, 0.3) is 0 Å². The lowest BCUT2D eigenvalue weighted by Gasteiger charge is -2.01. The smallest absolute Gasteiger partial charge is 0.220 e. The van der Waals surface area contributed by atoms with Gasteiger partial charge in [-0.05, 0) is 6.92 Å². The lowest BCUT2D eigenvalue weighted by atomic mass is 10.4. The summed E-state index contributed by atoms with van der Waals surface area (Å²) in [5.74, 6) is 0.938. The Morgan fingerprint density at radius 1 is 1.60 bits per heavy atom. The van der Waals surface area contributed by atoms with E-state index in [9.17, 15) is 0 Å². The van der Waals surface area contributed by atoms with Crippen molar-refractivity contribution in [1.82, 2.24) is 9.97 Å². The molecule has 0 bridgehead atoms. The predicted molar refractivity (Wildman–Crippen MR) is 37.7 cm³/mol. The Morgan fingerprint density at radius 2 is 2.30 bits per heavy atom. The highest BCUT2D eigenvalue weighted by Crippen LogP contribution is 2.12. The maximum Gasteiger partial charge on any atom is 0.220 e. The van der Waals surface area contributed by atoms with Crippen molar-refractivity contribution in [2.75, 3.05) is 12.8 Å². The van der Waals surface area contributed by atoms with E-state index in [-0.39, 0.29) is 5.95 Å². The molecular weight excluding hydrogens is 130 g/mol. The van der Waals surface area contributed by atoms with Crippen molar-refractivity contribution in [3.8, 4) is 5.75 Å². The zero-order valence-corrected chi connectivity index (χ0v) is 5.96. The Balaban J connectivity index is 3.07. The van der Waals surface area contributed by atoms with Crippen LogP contribution in [0.3, 0.4) is 0 Å². The van der Waals surface area contributed by atoms with Gasteiger partial charge < -0.3 is 10.5 Å². The SMILES string of the molecule is COc1cnc(N)nc1C. The minimum atomic E-state index is 0.276. The van der Waals surface area contributed by atoms with Crippen LogP contribution in [0.4, 0.5) is 5.95 Å². The molecule has 0 aliphatic rings. The van der Waals surface area contributed by atoms with E-state index in [0.29, 0.717) is 5.75 Å². The van der Waals surface area contributed by atoms with Crippen LogP contribution in [0.2, 0.25) is 0 Å². The molecule has 0 saturated carbocycles. The molecule has 10 heavy (non-hydrogen) atoms. The van der Waals surface area contributed by atoms with Crippen LogP contribution in [0.25, 0.3) is 0 Å². The zero-order chi connectivity index (χ0) is 7.56.